The van der Waals surface area contributed by atoms with Gasteiger partial charge in [-0.2, -0.15) is 5.10 Å². The molecule has 0 aliphatic carbocycles. The molecule has 3 heterocycles. The number of aromatic nitrogens is 2. The maximum atomic E-state index is 12.8. The van der Waals surface area contributed by atoms with Crippen LogP contribution in [0.1, 0.15) is 22.8 Å². The molecule has 2 aliphatic rings. The number of rotatable bonds is 2. The second-order valence-corrected chi connectivity index (χ2v) is 8.18. The van der Waals surface area contributed by atoms with Crippen LogP contribution in [0, 0.1) is 0 Å². The van der Waals surface area contributed by atoms with Crippen LogP contribution in [0.3, 0.4) is 0 Å². The zero-order valence-corrected chi connectivity index (χ0v) is 14.3. The van der Waals surface area contributed by atoms with E-state index in [9.17, 15) is 13.2 Å². The smallest absolute Gasteiger partial charge is 0.259 e. The molecule has 2 aliphatic heterocycles. The van der Waals surface area contributed by atoms with Gasteiger partial charge in [-0.05, 0) is 37.1 Å². The molecule has 0 fully saturated rings. The van der Waals surface area contributed by atoms with Crippen LogP contribution in [0.15, 0.2) is 30.5 Å². The molecule has 126 valence electrons. The van der Waals surface area contributed by atoms with Gasteiger partial charge in [-0.15, -0.1) is 0 Å². The Morgan fingerprint density at radius 3 is 2.79 bits per heavy atom. The molecule has 1 atom stereocenters. The van der Waals surface area contributed by atoms with Gasteiger partial charge in [0.15, 0.2) is 0 Å². The highest BCUT2D eigenvalue weighted by molar-refractivity contribution is 7.92. The van der Waals surface area contributed by atoms with Crippen molar-refractivity contribution in [2.45, 2.75) is 25.9 Å². The third-order valence-corrected chi connectivity index (χ3v) is 5.86. The van der Waals surface area contributed by atoms with Gasteiger partial charge in [-0.3, -0.25) is 14.0 Å². The SMILES string of the molecule is CC1Cc2cc(C(=O)N3CCn4nccc43)ccc2N1S(C)(=O)=O. The van der Waals surface area contributed by atoms with Crippen molar-refractivity contribution in [2.75, 3.05) is 22.0 Å². The van der Waals surface area contributed by atoms with Gasteiger partial charge in [0, 0.05) is 24.2 Å². The van der Waals surface area contributed by atoms with Crippen LogP contribution in [-0.4, -0.2) is 42.9 Å². The Hall–Kier alpha value is -2.35. The van der Waals surface area contributed by atoms with Crippen LogP contribution in [0.4, 0.5) is 11.5 Å². The van der Waals surface area contributed by atoms with Crippen molar-refractivity contribution in [3.63, 3.8) is 0 Å². The first-order valence-electron chi connectivity index (χ1n) is 7.82. The first-order chi connectivity index (χ1) is 11.4. The van der Waals surface area contributed by atoms with Crippen molar-refractivity contribution in [1.82, 2.24) is 9.78 Å². The summed E-state index contributed by atoms with van der Waals surface area (Å²) >= 11 is 0. The maximum absolute atomic E-state index is 12.8. The molecule has 0 spiro atoms. The van der Waals surface area contributed by atoms with E-state index in [4.69, 9.17) is 0 Å². The summed E-state index contributed by atoms with van der Waals surface area (Å²) in [6, 6.07) is 6.95. The van der Waals surface area contributed by atoms with Crippen LogP contribution < -0.4 is 9.21 Å². The molecular formula is C16H18N4O3S. The highest BCUT2D eigenvalue weighted by Crippen LogP contribution is 2.35. The van der Waals surface area contributed by atoms with Gasteiger partial charge >= 0.3 is 0 Å². The Kier molecular flexibility index (Phi) is 3.21. The molecule has 0 N–H and O–H groups in total. The molecule has 8 heteroatoms. The zero-order valence-electron chi connectivity index (χ0n) is 13.5. The minimum atomic E-state index is -3.32. The third kappa shape index (κ3) is 2.21. The average molecular weight is 346 g/mol. The predicted molar refractivity (Wildman–Crippen MR) is 90.8 cm³/mol. The normalized spacial score (nSPS) is 19.5. The number of anilines is 2. The summed E-state index contributed by atoms with van der Waals surface area (Å²) in [7, 11) is -3.32. The molecule has 1 unspecified atom stereocenters. The van der Waals surface area contributed by atoms with E-state index in [0.29, 0.717) is 30.8 Å². The lowest BCUT2D eigenvalue weighted by molar-refractivity contribution is 0.0989. The molecular weight excluding hydrogens is 328 g/mol. The lowest BCUT2D eigenvalue weighted by Gasteiger charge is -2.22. The maximum Gasteiger partial charge on any atom is 0.259 e. The highest BCUT2D eigenvalue weighted by atomic mass is 32.2. The van der Waals surface area contributed by atoms with E-state index in [1.54, 1.807) is 27.9 Å². The molecule has 0 saturated carbocycles. The van der Waals surface area contributed by atoms with E-state index in [0.717, 1.165) is 11.4 Å². The van der Waals surface area contributed by atoms with Crippen LogP contribution in [-0.2, 0) is 23.0 Å². The van der Waals surface area contributed by atoms with Crippen LogP contribution in [0.2, 0.25) is 0 Å². The van der Waals surface area contributed by atoms with E-state index in [1.165, 1.54) is 10.6 Å². The standard InChI is InChI=1S/C16H18N4O3S/c1-11-9-13-10-12(3-4-14(13)20(11)24(2,22)23)16(21)18-7-8-19-15(18)5-6-17-19/h3-6,10-11H,7-9H2,1-2H3. The summed E-state index contributed by atoms with van der Waals surface area (Å²) in [6.07, 6.45) is 3.51. The average Bonchev–Trinajstić information content (AvgIpc) is 3.16. The van der Waals surface area contributed by atoms with E-state index in [2.05, 4.69) is 5.10 Å². The second kappa shape index (κ2) is 5.07. The van der Waals surface area contributed by atoms with E-state index >= 15 is 0 Å². The van der Waals surface area contributed by atoms with Crippen molar-refractivity contribution in [1.29, 1.82) is 0 Å². The van der Waals surface area contributed by atoms with Gasteiger partial charge in [0.1, 0.15) is 5.82 Å². The van der Waals surface area contributed by atoms with Crippen LogP contribution >= 0.6 is 0 Å². The Morgan fingerprint density at radius 1 is 1.25 bits per heavy atom. The van der Waals surface area contributed by atoms with Crippen LogP contribution in [0.5, 0.6) is 0 Å². The fourth-order valence-electron chi connectivity index (χ4n) is 3.64. The number of benzene rings is 1. The molecule has 0 saturated heterocycles. The van der Waals surface area contributed by atoms with Gasteiger partial charge in [0.05, 0.1) is 24.7 Å². The van der Waals surface area contributed by atoms with Gasteiger partial charge in [0.25, 0.3) is 5.91 Å². The van der Waals surface area contributed by atoms with Crippen molar-refractivity contribution >= 4 is 27.4 Å². The lowest BCUT2D eigenvalue weighted by atomic mass is 10.1. The number of amides is 1. The molecule has 2 aromatic rings. The predicted octanol–water partition coefficient (Wildman–Crippen LogP) is 1.25. The topological polar surface area (TPSA) is 75.5 Å². The number of sulfonamides is 1. The highest BCUT2D eigenvalue weighted by Gasteiger charge is 2.33. The van der Waals surface area contributed by atoms with E-state index in [1.807, 2.05) is 19.1 Å². The molecule has 1 aromatic heterocycles. The van der Waals surface area contributed by atoms with Crippen molar-refractivity contribution in [2.24, 2.45) is 0 Å². The lowest BCUT2D eigenvalue weighted by Crippen LogP contribution is -2.34. The number of nitrogens with zero attached hydrogens (tertiary/aromatic N) is 4. The fourth-order valence-corrected chi connectivity index (χ4v) is 4.90. The molecule has 0 radical (unpaired) electrons. The molecule has 4 rings (SSSR count). The Morgan fingerprint density at radius 2 is 2.04 bits per heavy atom. The first kappa shape index (κ1) is 15.2. The van der Waals surface area contributed by atoms with Gasteiger partial charge < -0.3 is 0 Å². The Bertz CT molecular complexity index is 935. The molecule has 0 bridgehead atoms. The van der Waals surface area contributed by atoms with E-state index in [-0.39, 0.29) is 11.9 Å². The number of carbonyl (C=O) groups is 1. The zero-order chi connectivity index (χ0) is 17.1. The molecule has 1 amide bonds. The summed E-state index contributed by atoms with van der Waals surface area (Å²) in [5.74, 6) is 0.717. The summed E-state index contributed by atoms with van der Waals surface area (Å²) in [4.78, 5) is 14.5. The largest absolute Gasteiger partial charge is 0.291 e. The molecule has 24 heavy (non-hydrogen) atoms. The minimum Gasteiger partial charge on any atom is -0.291 e. The van der Waals surface area contributed by atoms with Crippen molar-refractivity contribution < 1.29 is 13.2 Å². The quantitative estimate of drug-likeness (QED) is 0.820. The Labute approximate surface area is 140 Å². The van der Waals surface area contributed by atoms with Gasteiger partial charge in [0.2, 0.25) is 10.0 Å². The third-order valence-electron chi connectivity index (χ3n) is 4.59. The summed E-state index contributed by atoms with van der Waals surface area (Å²) in [5.41, 5.74) is 2.14. The summed E-state index contributed by atoms with van der Waals surface area (Å²) in [6.45, 7) is 3.17. The second-order valence-electron chi connectivity index (χ2n) is 6.32. The fraction of sp³-hybridized carbons (Fsp3) is 0.375. The number of hydrogen-bond acceptors (Lipinski definition) is 4. The van der Waals surface area contributed by atoms with Gasteiger partial charge in [-0.25, -0.2) is 13.1 Å². The Balaban J connectivity index is 1.68. The number of carbonyl (C=O) groups excluding carboxylic acids is 1. The van der Waals surface area contributed by atoms with Crippen LogP contribution in [0.25, 0.3) is 0 Å². The van der Waals surface area contributed by atoms with Crippen molar-refractivity contribution in [3.05, 3.63) is 41.6 Å². The molecule has 7 nitrogen and oxygen atoms in total. The van der Waals surface area contributed by atoms with Gasteiger partial charge in [-0.1, -0.05) is 0 Å². The van der Waals surface area contributed by atoms with E-state index < -0.39 is 10.0 Å². The first-order valence-corrected chi connectivity index (χ1v) is 9.67. The number of hydrogen-bond donors (Lipinski definition) is 0. The molecule has 1 aromatic carbocycles. The number of fused-ring (bicyclic) bond motifs is 2. The monoisotopic (exact) mass is 346 g/mol. The summed E-state index contributed by atoms with van der Waals surface area (Å²) < 4.78 is 27.2. The minimum absolute atomic E-state index is 0.0810. The van der Waals surface area contributed by atoms with Crippen molar-refractivity contribution in [3.8, 4) is 0 Å². The summed E-state index contributed by atoms with van der Waals surface area (Å²) in [5, 5.41) is 4.18.